The third kappa shape index (κ3) is 5.45. The number of rotatable bonds is 8. The van der Waals surface area contributed by atoms with E-state index in [4.69, 9.17) is 0 Å². The van der Waals surface area contributed by atoms with Gasteiger partial charge in [0.25, 0.3) is 0 Å². The van der Waals surface area contributed by atoms with Crippen LogP contribution in [0.5, 0.6) is 0 Å². The Bertz CT molecular complexity index is 338. The first kappa shape index (κ1) is 15.6. The van der Waals surface area contributed by atoms with Gasteiger partial charge in [0.2, 0.25) is 0 Å². The lowest BCUT2D eigenvalue weighted by atomic mass is 10.1. The third-order valence-corrected chi connectivity index (χ3v) is 4.61. The lowest BCUT2D eigenvalue weighted by Crippen LogP contribution is -2.19. The maximum atomic E-state index is 3.54. The predicted octanol–water partition coefficient (Wildman–Crippen LogP) is 4.89. The van der Waals surface area contributed by atoms with Gasteiger partial charge in [0.1, 0.15) is 0 Å². The number of hydrogen-bond acceptors (Lipinski definition) is 2. The van der Waals surface area contributed by atoms with Crippen LogP contribution in [0.15, 0.2) is 29.2 Å². The molecule has 0 saturated carbocycles. The summed E-state index contributed by atoms with van der Waals surface area (Å²) in [6.07, 6.45) is 2.45. The van der Waals surface area contributed by atoms with Gasteiger partial charge in [0, 0.05) is 16.7 Å². The minimum atomic E-state index is 0.453. The topological polar surface area (TPSA) is 12.0 Å². The minimum Gasteiger partial charge on any atom is -0.310 e. The highest BCUT2D eigenvalue weighted by atomic mass is 32.2. The summed E-state index contributed by atoms with van der Waals surface area (Å²) in [5.41, 5.74) is 1.40. The van der Waals surface area contributed by atoms with Crippen molar-refractivity contribution in [1.82, 2.24) is 5.32 Å². The molecule has 1 rings (SSSR count). The Balaban J connectivity index is 2.55. The summed E-state index contributed by atoms with van der Waals surface area (Å²) in [6.45, 7) is 10.1. The van der Waals surface area contributed by atoms with Crippen molar-refractivity contribution in [2.75, 3.05) is 12.3 Å². The van der Waals surface area contributed by atoms with Crippen molar-refractivity contribution >= 4 is 11.8 Å². The molecule has 0 heterocycles. The van der Waals surface area contributed by atoms with Crippen LogP contribution in [0.1, 0.15) is 52.1 Å². The second kappa shape index (κ2) is 8.60. The SMILES string of the molecule is CCCNC(C)c1cccc(SCC(C)CC)c1. The quantitative estimate of drug-likeness (QED) is 0.672. The molecule has 0 amide bonds. The lowest BCUT2D eigenvalue weighted by molar-refractivity contribution is 0.570. The highest BCUT2D eigenvalue weighted by Gasteiger charge is 2.06. The van der Waals surface area contributed by atoms with Gasteiger partial charge in [-0.3, -0.25) is 0 Å². The lowest BCUT2D eigenvalue weighted by Gasteiger charge is -2.15. The second-order valence-electron chi connectivity index (χ2n) is 5.07. The number of nitrogens with one attached hydrogen (secondary N) is 1. The Kier molecular flexibility index (Phi) is 7.45. The average Bonchev–Trinajstić information content (AvgIpc) is 2.42. The molecule has 0 spiro atoms. The molecule has 1 nitrogen and oxygen atoms in total. The van der Waals surface area contributed by atoms with E-state index in [-0.39, 0.29) is 0 Å². The van der Waals surface area contributed by atoms with E-state index in [1.165, 1.54) is 29.1 Å². The largest absolute Gasteiger partial charge is 0.310 e. The van der Waals surface area contributed by atoms with E-state index < -0.39 is 0 Å². The fourth-order valence-corrected chi connectivity index (χ4v) is 2.82. The molecular weight excluding hydrogens is 238 g/mol. The summed E-state index contributed by atoms with van der Waals surface area (Å²) in [5.74, 6) is 2.02. The molecule has 0 aliphatic heterocycles. The van der Waals surface area contributed by atoms with Gasteiger partial charge in [0.15, 0.2) is 0 Å². The van der Waals surface area contributed by atoms with Crippen LogP contribution in [0, 0.1) is 5.92 Å². The summed E-state index contributed by atoms with van der Waals surface area (Å²) in [7, 11) is 0. The van der Waals surface area contributed by atoms with Gasteiger partial charge in [-0.1, -0.05) is 39.3 Å². The van der Waals surface area contributed by atoms with E-state index in [0.29, 0.717) is 6.04 Å². The first-order chi connectivity index (χ1) is 8.67. The molecule has 0 saturated heterocycles. The monoisotopic (exact) mass is 265 g/mol. The standard InChI is InChI=1S/C16H27NS/c1-5-10-17-14(4)15-8-7-9-16(11-15)18-12-13(3)6-2/h7-9,11,13-14,17H,5-6,10,12H2,1-4H3. The van der Waals surface area contributed by atoms with Gasteiger partial charge >= 0.3 is 0 Å². The Morgan fingerprint density at radius 2 is 2.00 bits per heavy atom. The molecule has 0 aliphatic carbocycles. The van der Waals surface area contributed by atoms with Crippen LogP contribution in [0.4, 0.5) is 0 Å². The molecule has 0 fully saturated rings. The van der Waals surface area contributed by atoms with Crippen molar-refractivity contribution in [3.63, 3.8) is 0 Å². The molecule has 1 aromatic carbocycles. The third-order valence-electron chi connectivity index (χ3n) is 3.29. The zero-order chi connectivity index (χ0) is 13.4. The van der Waals surface area contributed by atoms with E-state index >= 15 is 0 Å². The zero-order valence-corrected chi connectivity index (χ0v) is 13.0. The Labute approximate surface area is 117 Å². The molecule has 0 radical (unpaired) electrons. The molecule has 2 unspecified atom stereocenters. The van der Waals surface area contributed by atoms with E-state index in [2.05, 4.69) is 57.3 Å². The Morgan fingerprint density at radius 1 is 1.22 bits per heavy atom. The van der Waals surface area contributed by atoms with Gasteiger partial charge in [-0.25, -0.2) is 0 Å². The van der Waals surface area contributed by atoms with Crippen LogP contribution >= 0.6 is 11.8 Å². The molecule has 102 valence electrons. The smallest absolute Gasteiger partial charge is 0.0292 e. The fraction of sp³-hybridized carbons (Fsp3) is 0.625. The average molecular weight is 265 g/mol. The van der Waals surface area contributed by atoms with Gasteiger partial charge in [-0.2, -0.15) is 0 Å². The first-order valence-corrected chi connectivity index (χ1v) is 8.12. The van der Waals surface area contributed by atoms with E-state index in [1.807, 2.05) is 11.8 Å². The van der Waals surface area contributed by atoms with Crippen molar-refractivity contribution in [3.05, 3.63) is 29.8 Å². The van der Waals surface area contributed by atoms with Crippen LogP contribution in [0.25, 0.3) is 0 Å². The Morgan fingerprint density at radius 3 is 2.67 bits per heavy atom. The van der Waals surface area contributed by atoms with Gasteiger partial charge in [-0.15, -0.1) is 11.8 Å². The highest BCUT2D eigenvalue weighted by molar-refractivity contribution is 7.99. The molecule has 0 aliphatic rings. The van der Waals surface area contributed by atoms with Crippen molar-refractivity contribution in [2.45, 2.75) is 51.5 Å². The van der Waals surface area contributed by atoms with Crippen LogP contribution in [-0.4, -0.2) is 12.3 Å². The molecule has 1 aromatic rings. The molecule has 1 N–H and O–H groups in total. The molecule has 2 atom stereocenters. The maximum Gasteiger partial charge on any atom is 0.0292 e. The molecule has 18 heavy (non-hydrogen) atoms. The minimum absolute atomic E-state index is 0.453. The van der Waals surface area contributed by atoms with Crippen LogP contribution in [0.3, 0.4) is 0 Å². The number of benzene rings is 1. The highest BCUT2D eigenvalue weighted by Crippen LogP contribution is 2.24. The van der Waals surface area contributed by atoms with Crippen molar-refractivity contribution < 1.29 is 0 Å². The van der Waals surface area contributed by atoms with Gasteiger partial charge in [0.05, 0.1) is 0 Å². The number of hydrogen-bond donors (Lipinski definition) is 1. The predicted molar refractivity (Wildman–Crippen MR) is 83.3 cm³/mol. The van der Waals surface area contributed by atoms with Crippen LogP contribution in [0.2, 0.25) is 0 Å². The fourth-order valence-electron chi connectivity index (χ4n) is 1.71. The summed E-state index contributed by atoms with van der Waals surface area (Å²) in [4.78, 5) is 1.40. The molecule has 0 aromatic heterocycles. The van der Waals surface area contributed by atoms with Crippen molar-refractivity contribution in [1.29, 1.82) is 0 Å². The normalized spacial score (nSPS) is 14.4. The summed E-state index contributed by atoms with van der Waals surface area (Å²) in [5, 5.41) is 3.54. The van der Waals surface area contributed by atoms with Crippen LogP contribution < -0.4 is 5.32 Å². The first-order valence-electron chi connectivity index (χ1n) is 7.13. The van der Waals surface area contributed by atoms with Gasteiger partial charge in [-0.05, 0) is 43.5 Å². The van der Waals surface area contributed by atoms with Crippen molar-refractivity contribution in [2.24, 2.45) is 5.92 Å². The molecule has 0 bridgehead atoms. The zero-order valence-electron chi connectivity index (χ0n) is 12.2. The second-order valence-corrected chi connectivity index (χ2v) is 6.17. The van der Waals surface area contributed by atoms with Crippen molar-refractivity contribution in [3.8, 4) is 0 Å². The molecule has 2 heteroatoms. The summed E-state index contributed by atoms with van der Waals surface area (Å²) in [6, 6.07) is 9.41. The summed E-state index contributed by atoms with van der Waals surface area (Å²) >= 11 is 1.98. The number of thioether (sulfide) groups is 1. The maximum absolute atomic E-state index is 3.54. The van der Waals surface area contributed by atoms with E-state index in [9.17, 15) is 0 Å². The molecular formula is C16H27NS. The van der Waals surface area contributed by atoms with E-state index in [0.717, 1.165) is 12.5 Å². The summed E-state index contributed by atoms with van der Waals surface area (Å²) < 4.78 is 0. The van der Waals surface area contributed by atoms with Gasteiger partial charge < -0.3 is 5.32 Å². The van der Waals surface area contributed by atoms with E-state index in [1.54, 1.807) is 0 Å². The Hall–Kier alpha value is -0.470. The van der Waals surface area contributed by atoms with Crippen LogP contribution in [-0.2, 0) is 0 Å².